The Bertz CT molecular complexity index is 1010. The predicted molar refractivity (Wildman–Crippen MR) is 103 cm³/mol. The lowest BCUT2D eigenvalue weighted by atomic mass is 10.1. The van der Waals surface area contributed by atoms with Gasteiger partial charge in [-0.1, -0.05) is 35.5 Å². The van der Waals surface area contributed by atoms with Gasteiger partial charge in [-0.05, 0) is 36.8 Å². The summed E-state index contributed by atoms with van der Waals surface area (Å²) in [7, 11) is 0. The molecule has 2 aromatic carbocycles. The highest BCUT2D eigenvalue weighted by Gasteiger charge is 2.19. The van der Waals surface area contributed by atoms with Crippen LogP contribution in [0.3, 0.4) is 0 Å². The molecule has 136 valence electrons. The van der Waals surface area contributed by atoms with Gasteiger partial charge in [-0.2, -0.15) is 0 Å². The highest BCUT2D eigenvalue weighted by Crippen LogP contribution is 2.22. The Hall–Kier alpha value is -3.13. The molecule has 2 heterocycles. The molecule has 7 nitrogen and oxygen atoms in total. The number of nitrogens with one attached hydrogen (secondary N) is 2. The number of aromatic nitrogens is 3. The van der Waals surface area contributed by atoms with Crippen LogP contribution in [0.15, 0.2) is 53.9 Å². The molecule has 0 bridgehead atoms. The first kappa shape index (κ1) is 17.3. The van der Waals surface area contributed by atoms with E-state index < -0.39 is 0 Å². The number of nitrogens with zero attached hydrogens (tertiary/aromatic N) is 3. The van der Waals surface area contributed by atoms with E-state index in [4.69, 9.17) is 0 Å². The lowest BCUT2D eigenvalue weighted by Crippen LogP contribution is -2.15. The fourth-order valence-corrected chi connectivity index (χ4v) is 3.55. The first-order valence-corrected chi connectivity index (χ1v) is 9.39. The van der Waals surface area contributed by atoms with Crippen LogP contribution in [0.25, 0.3) is 5.69 Å². The molecule has 1 aliphatic rings. The Balaban J connectivity index is 1.41. The third-order valence-electron chi connectivity index (χ3n) is 4.24. The largest absolute Gasteiger partial charge is 0.348 e. The SMILES string of the molecule is Cc1ccc(-n2cnnc2SCC(=O)Nc2ccc3c(c2)C(=O)NC3)cc1. The molecule has 2 amide bonds. The third kappa shape index (κ3) is 3.70. The van der Waals surface area contributed by atoms with Crippen LogP contribution in [0.1, 0.15) is 21.5 Å². The number of anilines is 1. The Morgan fingerprint density at radius 2 is 2.07 bits per heavy atom. The van der Waals surface area contributed by atoms with Crippen LogP contribution in [0.2, 0.25) is 0 Å². The summed E-state index contributed by atoms with van der Waals surface area (Å²) >= 11 is 1.30. The van der Waals surface area contributed by atoms with Crippen molar-refractivity contribution in [2.24, 2.45) is 0 Å². The van der Waals surface area contributed by atoms with E-state index in [2.05, 4.69) is 20.8 Å². The van der Waals surface area contributed by atoms with E-state index in [1.807, 2.05) is 41.8 Å². The van der Waals surface area contributed by atoms with Crippen molar-refractivity contribution in [3.63, 3.8) is 0 Å². The topological polar surface area (TPSA) is 88.9 Å². The minimum atomic E-state index is -0.170. The number of hydrogen-bond acceptors (Lipinski definition) is 5. The van der Waals surface area contributed by atoms with E-state index in [1.165, 1.54) is 17.3 Å². The third-order valence-corrected chi connectivity index (χ3v) is 5.18. The minimum absolute atomic E-state index is 0.110. The smallest absolute Gasteiger partial charge is 0.251 e. The first-order valence-electron chi connectivity index (χ1n) is 8.41. The van der Waals surface area contributed by atoms with Crippen molar-refractivity contribution in [1.82, 2.24) is 20.1 Å². The molecular weight excluding hydrogens is 362 g/mol. The van der Waals surface area contributed by atoms with Gasteiger partial charge in [0.05, 0.1) is 5.75 Å². The molecule has 0 fully saturated rings. The van der Waals surface area contributed by atoms with Crippen LogP contribution in [0.4, 0.5) is 5.69 Å². The molecule has 27 heavy (non-hydrogen) atoms. The minimum Gasteiger partial charge on any atom is -0.348 e. The van der Waals surface area contributed by atoms with Gasteiger partial charge in [0.15, 0.2) is 5.16 Å². The fourth-order valence-electron chi connectivity index (χ4n) is 2.82. The standard InChI is InChI=1S/C19H17N5O2S/c1-12-2-6-15(7-3-12)24-11-21-23-19(24)27-10-17(25)22-14-5-4-13-9-20-18(26)16(13)8-14/h2-8,11H,9-10H2,1H3,(H,20,26)(H,22,25). The number of rotatable bonds is 5. The maximum Gasteiger partial charge on any atom is 0.251 e. The normalized spacial score (nSPS) is 12.6. The van der Waals surface area contributed by atoms with E-state index in [-0.39, 0.29) is 17.6 Å². The monoisotopic (exact) mass is 379 g/mol. The van der Waals surface area contributed by atoms with Crippen molar-refractivity contribution in [3.8, 4) is 5.69 Å². The van der Waals surface area contributed by atoms with Crippen LogP contribution in [-0.4, -0.2) is 32.3 Å². The number of amides is 2. The van der Waals surface area contributed by atoms with E-state index in [0.29, 0.717) is 23.0 Å². The molecule has 0 spiro atoms. The van der Waals surface area contributed by atoms with E-state index in [9.17, 15) is 9.59 Å². The van der Waals surface area contributed by atoms with Crippen LogP contribution in [0, 0.1) is 6.92 Å². The van der Waals surface area contributed by atoms with Gasteiger partial charge in [0.2, 0.25) is 5.91 Å². The molecule has 8 heteroatoms. The highest BCUT2D eigenvalue weighted by atomic mass is 32.2. The summed E-state index contributed by atoms with van der Waals surface area (Å²) in [4.78, 5) is 24.0. The van der Waals surface area contributed by atoms with Crippen molar-refractivity contribution >= 4 is 29.3 Å². The number of thioether (sulfide) groups is 1. The molecule has 1 aliphatic heterocycles. The highest BCUT2D eigenvalue weighted by molar-refractivity contribution is 7.99. The number of carbonyl (C=O) groups is 2. The lowest BCUT2D eigenvalue weighted by Gasteiger charge is -2.08. The zero-order chi connectivity index (χ0) is 18.8. The zero-order valence-electron chi connectivity index (χ0n) is 14.6. The van der Waals surface area contributed by atoms with Crippen LogP contribution in [-0.2, 0) is 11.3 Å². The fraction of sp³-hybridized carbons (Fsp3) is 0.158. The van der Waals surface area contributed by atoms with Gasteiger partial charge in [-0.3, -0.25) is 14.2 Å². The Labute approximate surface area is 160 Å². The van der Waals surface area contributed by atoms with Crippen molar-refractivity contribution in [1.29, 1.82) is 0 Å². The first-order chi connectivity index (χ1) is 13.1. The molecular formula is C19H17N5O2S. The second-order valence-electron chi connectivity index (χ2n) is 6.21. The molecule has 0 atom stereocenters. The number of benzene rings is 2. The van der Waals surface area contributed by atoms with Gasteiger partial charge in [0.25, 0.3) is 5.91 Å². The van der Waals surface area contributed by atoms with Gasteiger partial charge in [-0.25, -0.2) is 0 Å². The van der Waals surface area contributed by atoms with Crippen LogP contribution >= 0.6 is 11.8 Å². The zero-order valence-corrected chi connectivity index (χ0v) is 15.4. The van der Waals surface area contributed by atoms with Gasteiger partial charge < -0.3 is 10.6 Å². The molecule has 3 aromatic rings. The lowest BCUT2D eigenvalue weighted by molar-refractivity contribution is -0.113. The Kier molecular flexibility index (Phi) is 4.64. The van der Waals surface area contributed by atoms with Crippen molar-refractivity contribution in [2.45, 2.75) is 18.6 Å². The maximum atomic E-state index is 12.3. The van der Waals surface area contributed by atoms with Gasteiger partial charge in [0, 0.05) is 23.5 Å². The van der Waals surface area contributed by atoms with Crippen molar-refractivity contribution in [2.75, 3.05) is 11.1 Å². The van der Waals surface area contributed by atoms with E-state index in [1.54, 1.807) is 18.5 Å². The van der Waals surface area contributed by atoms with E-state index >= 15 is 0 Å². The molecule has 4 rings (SSSR count). The number of carbonyl (C=O) groups excluding carboxylic acids is 2. The quantitative estimate of drug-likeness (QED) is 0.665. The van der Waals surface area contributed by atoms with Crippen LogP contribution < -0.4 is 10.6 Å². The van der Waals surface area contributed by atoms with Crippen molar-refractivity contribution in [3.05, 3.63) is 65.5 Å². The predicted octanol–water partition coefficient (Wildman–Crippen LogP) is 2.55. The van der Waals surface area contributed by atoms with Crippen LogP contribution in [0.5, 0.6) is 0 Å². The van der Waals surface area contributed by atoms with Gasteiger partial charge in [0.1, 0.15) is 6.33 Å². The number of aryl methyl sites for hydroxylation is 1. The molecule has 1 aromatic heterocycles. The molecule has 0 saturated heterocycles. The number of hydrogen-bond donors (Lipinski definition) is 2. The molecule has 0 saturated carbocycles. The summed E-state index contributed by atoms with van der Waals surface area (Å²) in [5.74, 6) is -0.0909. The molecule has 0 unspecified atom stereocenters. The molecule has 2 N–H and O–H groups in total. The summed E-state index contributed by atoms with van der Waals surface area (Å²) in [5.41, 5.74) is 4.27. The number of fused-ring (bicyclic) bond motifs is 1. The van der Waals surface area contributed by atoms with Gasteiger partial charge in [-0.15, -0.1) is 10.2 Å². The van der Waals surface area contributed by atoms with Gasteiger partial charge >= 0.3 is 0 Å². The average Bonchev–Trinajstić information content (AvgIpc) is 3.28. The Morgan fingerprint density at radius 1 is 1.26 bits per heavy atom. The average molecular weight is 379 g/mol. The second kappa shape index (κ2) is 7.24. The Morgan fingerprint density at radius 3 is 2.89 bits per heavy atom. The van der Waals surface area contributed by atoms with Crippen molar-refractivity contribution < 1.29 is 9.59 Å². The summed E-state index contributed by atoms with van der Waals surface area (Å²) in [6.45, 7) is 2.56. The molecule has 0 radical (unpaired) electrons. The summed E-state index contributed by atoms with van der Waals surface area (Å²) < 4.78 is 1.84. The van der Waals surface area contributed by atoms with E-state index in [0.717, 1.165) is 11.3 Å². The molecule has 0 aliphatic carbocycles. The summed E-state index contributed by atoms with van der Waals surface area (Å²) in [6.07, 6.45) is 1.63. The summed E-state index contributed by atoms with van der Waals surface area (Å²) in [5, 5.41) is 14.3. The second-order valence-corrected chi connectivity index (χ2v) is 7.15. The maximum absolute atomic E-state index is 12.3. The summed E-state index contributed by atoms with van der Waals surface area (Å²) in [6, 6.07) is 13.4.